The van der Waals surface area contributed by atoms with Crippen molar-refractivity contribution in [3.63, 3.8) is 0 Å². The monoisotopic (exact) mass is 262 g/mol. The Hall–Kier alpha value is -0.690. The Balaban J connectivity index is 2.71. The average Bonchev–Trinajstić information content (AvgIpc) is 2.32. The van der Waals surface area contributed by atoms with Gasteiger partial charge in [-0.3, -0.25) is 0 Å². The summed E-state index contributed by atoms with van der Waals surface area (Å²) < 4.78 is 0. The van der Waals surface area contributed by atoms with Crippen molar-refractivity contribution in [1.82, 2.24) is 0 Å². The van der Waals surface area contributed by atoms with Gasteiger partial charge in [-0.1, -0.05) is 30.4 Å². The van der Waals surface area contributed by atoms with Crippen molar-refractivity contribution >= 4 is 12.6 Å². The van der Waals surface area contributed by atoms with E-state index in [1.54, 1.807) is 0 Å². The topological polar surface area (TPSA) is 0 Å². The largest absolute Gasteiger partial charge is 0.148 e. The molecule has 0 aromatic rings. The molecular weight excluding hydrogens is 236 g/mol. The van der Waals surface area contributed by atoms with Crippen LogP contribution in [0.25, 0.3) is 0 Å². The Labute approximate surface area is 118 Å². The molecule has 1 heteroatoms. The zero-order valence-electron chi connectivity index (χ0n) is 12.1. The smallest absolute Gasteiger partial charge is 0.0146 e. The van der Waals surface area contributed by atoms with Crippen LogP contribution in [0.5, 0.6) is 0 Å². The highest BCUT2D eigenvalue weighted by Gasteiger charge is 2.17. The van der Waals surface area contributed by atoms with E-state index in [1.807, 2.05) is 0 Å². The molecule has 0 unspecified atom stereocenters. The summed E-state index contributed by atoms with van der Waals surface area (Å²) in [6.45, 7) is 14.4. The van der Waals surface area contributed by atoms with Crippen molar-refractivity contribution in [1.29, 1.82) is 0 Å². The molecule has 0 aliphatic heterocycles. The third-order valence-corrected chi connectivity index (χ3v) is 4.40. The highest BCUT2D eigenvalue weighted by molar-refractivity contribution is 7.84. The minimum Gasteiger partial charge on any atom is -0.148 e. The van der Waals surface area contributed by atoms with Gasteiger partial charge in [-0.15, -0.1) is 12.6 Å². The SMILES string of the molecule is C=C1CCC(C/C(S)=C(C)/C(=C\C)C(=C)C)CC1. The summed E-state index contributed by atoms with van der Waals surface area (Å²) in [4.78, 5) is 1.23. The third kappa shape index (κ3) is 4.20. The van der Waals surface area contributed by atoms with Crippen LogP contribution in [0, 0.1) is 5.92 Å². The first-order valence-corrected chi connectivity index (χ1v) is 7.28. The molecule has 1 fully saturated rings. The average molecular weight is 262 g/mol. The van der Waals surface area contributed by atoms with Crippen LogP contribution in [-0.2, 0) is 0 Å². The van der Waals surface area contributed by atoms with Crippen LogP contribution in [0.2, 0.25) is 0 Å². The summed E-state index contributed by atoms with van der Waals surface area (Å²) >= 11 is 4.72. The number of allylic oxidation sites excluding steroid dienone is 6. The van der Waals surface area contributed by atoms with E-state index in [2.05, 4.69) is 40.0 Å². The Morgan fingerprint density at radius 3 is 2.33 bits per heavy atom. The number of hydrogen-bond acceptors (Lipinski definition) is 1. The van der Waals surface area contributed by atoms with Crippen molar-refractivity contribution < 1.29 is 0 Å². The van der Waals surface area contributed by atoms with Crippen molar-refractivity contribution in [2.24, 2.45) is 5.92 Å². The van der Waals surface area contributed by atoms with Gasteiger partial charge < -0.3 is 0 Å². The second-order valence-electron chi connectivity index (χ2n) is 5.45. The molecule has 0 atom stereocenters. The first-order chi connectivity index (χ1) is 8.45. The molecule has 1 rings (SSSR count). The molecule has 0 radical (unpaired) electrons. The van der Waals surface area contributed by atoms with Crippen molar-refractivity contribution in [3.8, 4) is 0 Å². The zero-order valence-corrected chi connectivity index (χ0v) is 12.9. The maximum atomic E-state index is 4.72. The van der Waals surface area contributed by atoms with E-state index in [9.17, 15) is 0 Å². The van der Waals surface area contributed by atoms with E-state index in [0.717, 1.165) is 17.9 Å². The quantitative estimate of drug-likeness (QED) is 0.367. The van der Waals surface area contributed by atoms with Crippen molar-refractivity contribution in [3.05, 3.63) is 46.4 Å². The summed E-state index contributed by atoms with van der Waals surface area (Å²) in [6, 6.07) is 0. The molecule has 100 valence electrons. The lowest BCUT2D eigenvalue weighted by Gasteiger charge is -2.24. The fourth-order valence-corrected chi connectivity index (χ4v) is 3.03. The van der Waals surface area contributed by atoms with Crippen molar-refractivity contribution in [2.45, 2.75) is 52.9 Å². The lowest BCUT2D eigenvalue weighted by molar-refractivity contribution is 0.411. The summed E-state index contributed by atoms with van der Waals surface area (Å²) in [7, 11) is 0. The molecule has 0 aromatic carbocycles. The molecule has 0 aromatic heterocycles. The molecule has 0 saturated heterocycles. The van der Waals surface area contributed by atoms with Crippen LogP contribution < -0.4 is 0 Å². The van der Waals surface area contributed by atoms with Gasteiger partial charge in [-0.05, 0) is 74.8 Å². The first kappa shape index (κ1) is 15.4. The molecule has 0 spiro atoms. The predicted molar refractivity (Wildman–Crippen MR) is 86.0 cm³/mol. The summed E-state index contributed by atoms with van der Waals surface area (Å²) in [6.07, 6.45) is 8.18. The maximum Gasteiger partial charge on any atom is -0.0146 e. The lowest BCUT2D eigenvalue weighted by atomic mass is 9.83. The fourth-order valence-electron chi connectivity index (χ4n) is 2.65. The van der Waals surface area contributed by atoms with Gasteiger partial charge in [0.15, 0.2) is 0 Å². The van der Waals surface area contributed by atoms with Crippen LogP contribution in [0.15, 0.2) is 46.4 Å². The molecule has 0 amide bonds. The molecule has 0 heterocycles. The van der Waals surface area contributed by atoms with Gasteiger partial charge in [0.2, 0.25) is 0 Å². The zero-order chi connectivity index (χ0) is 13.7. The third-order valence-electron chi connectivity index (χ3n) is 3.88. The Morgan fingerprint density at radius 1 is 1.33 bits per heavy atom. The number of hydrogen-bond donors (Lipinski definition) is 1. The number of rotatable bonds is 4. The molecular formula is C17H26S. The van der Waals surface area contributed by atoms with Crippen LogP contribution >= 0.6 is 12.6 Å². The van der Waals surface area contributed by atoms with Crippen LogP contribution in [0.4, 0.5) is 0 Å². The van der Waals surface area contributed by atoms with Gasteiger partial charge in [0.1, 0.15) is 0 Å². The predicted octanol–water partition coefficient (Wildman–Crippen LogP) is 5.85. The highest BCUT2D eigenvalue weighted by atomic mass is 32.1. The molecule has 1 aliphatic rings. The maximum absolute atomic E-state index is 4.72. The van der Waals surface area contributed by atoms with E-state index in [4.69, 9.17) is 12.6 Å². The van der Waals surface area contributed by atoms with E-state index in [-0.39, 0.29) is 0 Å². The van der Waals surface area contributed by atoms with E-state index < -0.39 is 0 Å². The van der Waals surface area contributed by atoms with Crippen LogP contribution in [-0.4, -0.2) is 0 Å². The van der Waals surface area contributed by atoms with Gasteiger partial charge in [0.25, 0.3) is 0 Å². The van der Waals surface area contributed by atoms with Gasteiger partial charge in [0, 0.05) is 0 Å². The second-order valence-corrected chi connectivity index (χ2v) is 5.99. The number of thiol groups is 1. The summed E-state index contributed by atoms with van der Waals surface area (Å²) in [5.41, 5.74) is 5.08. The van der Waals surface area contributed by atoms with Gasteiger partial charge in [-0.2, -0.15) is 0 Å². The van der Waals surface area contributed by atoms with Gasteiger partial charge in [0.05, 0.1) is 0 Å². The fraction of sp³-hybridized carbons (Fsp3) is 0.529. The minimum atomic E-state index is 0.779. The van der Waals surface area contributed by atoms with Crippen LogP contribution in [0.3, 0.4) is 0 Å². The molecule has 0 N–H and O–H groups in total. The van der Waals surface area contributed by atoms with E-state index in [1.165, 1.54) is 47.3 Å². The second kappa shape index (κ2) is 7.04. The normalized spacial score (nSPS) is 19.8. The van der Waals surface area contributed by atoms with Gasteiger partial charge in [-0.25, -0.2) is 0 Å². The molecule has 1 aliphatic carbocycles. The first-order valence-electron chi connectivity index (χ1n) is 6.83. The highest BCUT2D eigenvalue weighted by Crippen LogP contribution is 2.34. The molecule has 0 nitrogen and oxygen atoms in total. The summed E-state index contributed by atoms with van der Waals surface area (Å²) in [5, 5.41) is 0. The summed E-state index contributed by atoms with van der Waals surface area (Å²) in [5.74, 6) is 0.779. The van der Waals surface area contributed by atoms with Crippen molar-refractivity contribution in [2.75, 3.05) is 0 Å². The Morgan fingerprint density at radius 2 is 1.89 bits per heavy atom. The van der Waals surface area contributed by atoms with Crippen LogP contribution in [0.1, 0.15) is 52.9 Å². The minimum absolute atomic E-state index is 0.779. The molecule has 0 bridgehead atoms. The molecule has 1 saturated carbocycles. The van der Waals surface area contributed by atoms with Gasteiger partial charge >= 0.3 is 0 Å². The van der Waals surface area contributed by atoms with E-state index >= 15 is 0 Å². The Kier molecular flexibility index (Phi) is 6.01. The van der Waals surface area contributed by atoms with E-state index in [0.29, 0.717) is 0 Å². The lowest BCUT2D eigenvalue weighted by Crippen LogP contribution is -2.08. The molecule has 18 heavy (non-hydrogen) atoms. The Bertz CT molecular complexity index is 386. The standard InChI is InChI=1S/C17H26S/c1-6-16(12(2)3)14(5)17(18)11-15-9-7-13(4)8-10-15/h6,15,18H,2,4,7-11H2,1,3,5H3/b16-6-,17-14-.